The molecule has 2 aliphatic carbocycles. The van der Waals surface area contributed by atoms with Gasteiger partial charge in [0, 0.05) is 37.2 Å². The number of halogens is 1. The molecule has 3 aliphatic rings. The Bertz CT molecular complexity index is 530. The Hall–Kier alpha value is -0.640. The van der Waals surface area contributed by atoms with Gasteiger partial charge < -0.3 is 5.11 Å². The largest absolute Gasteiger partial charge is 0.384 e. The van der Waals surface area contributed by atoms with Crippen LogP contribution in [0.25, 0.3) is 0 Å². The monoisotopic (exact) mass is 320 g/mol. The van der Waals surface area contributed by atoms with E-state index >= 15 is 0 Å². The fourth-order valence-electron chi connectivity index (χ4n) is 5.18. The quantitative estimate of drug-likeness (QED) is 0.846. The molecule has 1 aromatic rings. The number of likely N-dealkylation sites (tertiary alicyclic amines) is 1. The molecule has 22 heavy (non-hydrogen) atoms. The lowest BCUT2D eigenvalue weighted by Crippen LogP contribution is -2.59. The smallest absolute Gasteiger partial charge is 0.129 e. The molecular weight excluding hydrogens is 296 g/mol. The minimum absolute atomic E-state index is 0.332. The van der Waals surface area contributed by atoms with Gasteiger partial charge in [0.25, 0.3) is 0 Å². The second-order valence-corrected chi connectivity index (χ2v) is 7.80. The van der Waals surface area contributed by atoms with Crippen molar-refractivity contribution in [2.45, 2.75) is 56.6 Å². The second kappa shape index (κ2) is 5.77. The van der Waals surface area contributed by atoms with E-state index in [1.165, 1.54) is 32.1 Å². The van der Waals surface area contributed by atoms with Crippen LogP contribution >= 0.6 is 11.6 Å². The third kappa shape index (κ3) is 2.38. The van der Waals surface area contributed by atoms with Gasteiger partial charge in [-0.1, -0.05) is 30.9 Å². The molecule has 2 heterocycles. The Morgan fingerprint density at radius 1 is 1.09 bits per heavy atom. The van der Waals surface area contributed by atoms with Crippen LogP contribution in [0, 0.1) is 11.8 Å². The lowest BCUT2D eigenvalue weighted by atomic mass is 9.62. The van der Waals surface area contributed by atoms with Gasteiger partial charge in [-0.15, -0.1) is 0 Å². The molecule has 120 valence electrons. The van der Waals surface area contributed by atoms with E-state index in [9.17, 15) is 5.11 Å². The summed E-state index contributed by atoms with van der Waals surface area (Å²) >= 11 is 6.08. The average molecular weight is 321 g/mol. The number of aliphatic hydroxyl groups is 1. The number of piperidine rings is 1. The SMILES string of the molecule is OC1(c2ccnc(Cl)c2)C2CCCC1CN(C1CCCC1)C2. The van der Waals surface area contributed by atoms with Gasteiger partial charge in [-0.3, -0.25) is 4.90 Å². The molecule has 3 nitrogen and oxygen atoms in total. The molecule has 2 saturated carbocycles. The van der Waals surface area contributed by atoms with Gasteiger partial charge in [-0.2, -0.15) is 0 Å². The summed E-state index contributed by atoms with van der Waals surface area (Å²) in [6.07, 6.45) is 10.7. The summed E-state index contributed by atoms with van der Waals surface area (Å²) in [7, 11) is 0. The minimum atomic E-state index is -0.708. The maximum atomic E-state index is 11.6. The zero-order valence-corrected chi connectivity index (χ0v) is 13.8. The highest BCUT2D eigenvalue weighted by Gasteiger charge is 2.52. The molecule has 3 fully saturated rings. The van der Waals surface area contributed by atoms with Crippen molar-refractivity contribution in [3.8, 4) is 0 Å². The van der Waals surface area contributed by atoms with Crippen LogP contribution in [-0.4, -0.2) is 34.1 Å². The third-order valence-corrected chi connectivity index (χ3v) is 6.50. The maximum absolute atomic E-state index is 11.6. The number of rotatable bonds is 2. The van der Waals surface area contributed by atoms with E-state index in [4.69, 9.17) is 11.6 Å². The van der Waals surface area contributed by atoms with Crippen molar-refractivity contribution >= 4 is 11.6 Å². The molecule has 2 bridgehead atoms. The van der Waals surface area contributed by atoms with Crippen LogP contribution < -0.4 is 0 Å². The topological polar surface area (TPSA) is 36.4 Å². The Kier molecular flexibility index (Phi) is 3.91. The van der Waals surface area contributed by atoms with Crippen LogP contribution in [0.2, 0.25) is 5.15 Å². The zero-order valence-electron chi connectivity index (χ0n) is 13.0. The van der Waals surface area contributed by atoms with Crippen LogP contribution in [0.1, 0.15) is 50.5 Å². The minimum Gasteiger partial charge on any atom is -0.384 e. The zero-order chi connectivity index (χ0) is 15.2. The molecule has 1 aliphatic heterocycles. The molecular formula is C18H25ClN2O. The molecule has 1 N–H and O–H groups in total. The predicted molar refractivity (Wildman–Crippen MR) is 87.8 cm³/mol. The van der Waals surface area contributed by atoms with Gasteiger partial charge in [0.15, 0.2) is 0 Å². The molecule has 0 amide bonds. The first-order valence-electron chi connectivity index (χ1n) is 8.76. The summed E-state index contributed by atoms with van der Waals surface area (Å²) < 4.78 is 0. The number of fused-ring (bicyclic) bond motifs is 2. The highest BCUT2D eigenvalue weighted by atomic mass is 35.5. The van der Waals surface area contributed by atoms with E-state index in [1.54, 1.807) is 6.20 Å². The number of pyridine rings is 1. The van der Waals surface area contributed by atoms with E-state index in [0.717, 1.165) is 37.5 Å². The van der Waals surface area contributed by atoms with Crippen molar-refractivity contribution in [3.05, 3.63) is 29.0 Å². The van der Waals surface area contributed by atoms with Gasteiger partial charge >= 0.3 is 0 Å². The third-order valence-electron chi connectivity index (χ3n) is 6.29. The molecule has 1 saturated heterocycles. The maximum Gasteiger partial charge on any atom is 0.129 e. The van der Waals surface area contributed by atoms with Crippen LogP contribution in [-0.2, 0) is 5.60 Å². The highest BCUT2D eigenvalue weighted by molar-refractivity contribution is 6.29. The summed E-state index contributed by atoms with van der Waals surface area (Å²) in [4.78, 5) is 6.76. The predicted octanol–water partition coefficient (Wildman–Crippen LogP) is 3.60. The van der Waals surface area contributed by atoms with Gasteiger partial charge in [0.05, 0.1) is 5.60 Å². The molecule has 2 unspecified atom stereocenters. The van der Waals surface area contributed by atoms with Crippen LogP contribution in [0.15, 0.2) is 18.3 Å². The summed E-state index contributed by atoms with van der Waals surface area (Å²) in [5.41, 5.74) is 0.271. The van der Waals surface area contributed by atoms with Gasteiger partial charge in [0.2, 0.25) is 0 Å². The highest BCUT2D eigenvalue weighted by Crippen LogP contribution is 2.50. The summed E-state index contributed by atoms with van der Waals surface area (Å²) in [5.74, 6) is 0.665. The fraction of sp³-hybridized carbons (Fsp3) is 0.722. The summed E-state index contributed by atoms with van der Waals surface area (Å²) in [6, 6.07) is 4.59. The second-order valence-electron chi connectivity index (χ2n) is 7.41. The molecule has 1 aromatic heterocycles. The summed E-state index contributed by atoms with van der Waals surface area (Å²) in [6.45, 7) is 2.08. The van der Waals surface area contributed by atoms with Crippen LogP contribution in [0.4, 0.5) is 0 Å². The van der Waals surface area contributed by atoms with Crippen LogP contribution in [0.5, 0.6) is 0 Å². The normalized spacial score (nSPS) is 36.6. The lowest BCUT2D eigenvalue weighted by molar-refractivity contribution is -0.153. The first kappa shape index (κ1) is 14.9. The Morgan fingerprint density at radius 2 is 1.77 bits per heavy atom. The molecule has 2 atom stereocenters. The lowest BCUT2D eigenvalue weighted by Gasteiger charge is -2.54. The number of aromatic nitrogens is 1. The number of nitrogens with zero attached hydrogens (tertiary/aromatic N) is 2. The standard InChI is InChI=1S/C18H25ClN2O/c19-17-10-13(8-9-20-17)18(22)14-4-3-5-15(18)12-21(11-14)16-6-1-2-7-16/h8-10,14-16,22H,1-7,11-12H2. The van der Waals surface area contributed by atoms with E-state index in [0.29, 0.717) is 17.0 Å². The number of hydrogen-bond donors (Lipinski definition) is 1. The fourth-order valence-corrected chi connectivity index (χ4v) is 5.35. The average Bonchev–Trinajstić information content (AvgIpc) is 3.01. The first-order valence-corrected chi connectivity index (χ1v) is 9.14. The molecule has 0 radical (unpaired) electrons. The van der Waals surface area contributed by atoms with Gasteiger partial charge in [0.1, 0.15) is 5.15 Å². The molecule has 4 heteroatoms. The van der Waals surface area contributed by atoms with E-state index in [1.807, 2.05) is 12.1 Å². The van der Waals surface area contributed by atoms with E-state index < -0.39 is 5.60 Å². The van der Waals surface area contributed by atoms with Crippen molar-refractivity contribution in [2.24, 2.45) is 11.8 Å². The molecule has 0 spiro atoms. The number of hydrogen-bond acceptors (Lipinski definition) is 3. The Balaban J connectivity index is 1.64. The Labute approximate surface area is 137 Å². The van der Waals surface area contributed by atoms with Crippen molar-refractivity contribution in [1.82, 2.24) is 9.88 Å². The van der Waals surface area contributed by atoms with Crippen LogP contribution in [0.3, 0.4) is 0 Å². The van der Waals surface area contributed by atoms with E-state index in [2.05, 4.69) is 9.88 Å². The Morgan fingerprint density at radius 3 is 2.41 bits per heavy atom. The van der Waals surface area contributed by atoms with Crippen molar-refractivity contribution in [1.29, 1.82) is 0 Å². The van der Waals surface area contributed by atoms with Gasteiger partial charge in [-0.25, -0.2) is 4.98 Å². The molecule has 4 rings (SSSR count). The van der Waals surface area contributed by atoms with Crippen molar-refractivity contribution in [3.63, 3.8) is 0 Å². The van der Waals surface area contributed by atoms with Gasteiger partial charge in [-0.05, 0) is 43.4 Å². The summed E-state index contributed by atoms with van der Waals surface area (Å²) in [5, 5.41) is 12.1. The van der Waals surface area contributed by atoms with Crippen molar-refractivity contribution < 1.29 is 5.11 Å². The first-order chi connectivity index (χ1) is 10.7. The molecule has 0 aromatic carbocycles. The van der Waals surface area contributed by atoms with E-state index in [-0.39, 0.29) is 0 Å². The van der Waals surface area contributed by atoms with Crippen molar-refractivity contribution in [2.75, 3.05) is 13.1 Å².